The number of thioether (sulfide) groups is 1. The van der Waals surface area contributed by atoms with E-state index in [4.69, 9.17) is 10.9 Å². The highest BCUT2D eigenvalue weighted by atomic mass is 32.2. The van der Waals surface area contributed by atoms with E-state index in [2.05, 4.69) is 15.1 Å². The molecule has 1 aliphatic rings. The van der Waals surface area contributed by atoms with Crippen LogP contribution < -0.4 is 5.73 Å². The van der Waals surface area contributed by atoms with Crippen LogP contribution in [0.4, 0.5) is 0 Å². The highest BCUT2D eigenvalue weighted by molar-refractivity contribution is 7.99. The van der Waals surface area contributed by atoms with Crippen LogP contribution in [0.1, 0.15) is 31.4 Å². The van der Waals surface area contributed by atoms with E-state index in [-0.39, 0.29) is 5.84 Å². The van der Waals surface area contributed by atoms with Gasteiger partial charge in [-0.1, -0.05) is 18.0 Å². The Morgan fingerprint density at radius 3 is 2.75 bits per heavy atom. The Labute approximate surface area is 98.2 Å². The van der Waals surface area contributed by atoms with Crippen LogP contribution in [0.2, 0.25) is 0 Å². The van der Waals surface area contributed by atoms with Gasteiger partial charge in [-0.05, 0) is 12.8 Å². The number of amidine groups is 1. The Kier molecular flexibility index (Phi) is 3.61. The lowest BCUT2D eigenvalue weighted by atomic mass is 10.4. The highest BCUT2D eigenvalue weighted by Crippen LogP contribution is 2.34. The van der Waals surface area contributed by atoms with Crippen LogP contribution in [0.5, 0.6) is 0 Å². The standard InChI is InChI=1S/C10H14N4OS/c11-9(14-15)8-10(13-6-5-12-8)16-7-3-1-2-4-7/h5-7,15H,1-4H2,(H2,11,14). The lowest BCUT2D eigenvalue weighted by Crippen LogP contribution is -2.17. The summed E-state index contributed by atoms with van der Waals surface area (Å²) in [5, 5.41) is 13.0. The van der Waals surface area contributed by atoms with Crippen molar-refractivity contribution in [1.82, 2.24) is 9.97 Å². The van der Waals surface area contributed by atoms with Gasteiger partial charge < -0.3 is 10.9 Å². The average molecular weight is 238 g/mol. The summed E-state index contributed by atoms with van der Waals surface area (Å²) in [5.41, 5.74) is 6.03. The summed E-state index contributed by atoms with van der Waals surface area (Å²) in [5.74, 6) is 0.0218. The predicted molar refractivity (Wildman–Crippen MR) is 62.7 cm³/mol. The maximum Gasteiger partial charge on any atom is 0.191 e. The van der Waals surface area contributed by atoms with Gasteiger partial charge in [-0.3, -0.25) is 0 Å². The van der Waals surface area contributed by atoms with Crippen molar-refractivity contribution in [3.05, 3.63) is 18.1 Å². The first-order valence-electron chi connectivity index (χ1n) is 5.27. The van der Waals surface area contributed by atoms with Crippen LogP contribution in [0.3, 0.4) is 0 Å². The fraction of sp³-hybridized carbons (Fsp3) is 0.500. The first kappa shape index (κ1) is 11.2. The number of oxime groups is 1. The number of hydrogen-bond acceptors (Lipinski definition) is 5. The average Bonchev–Trinajstić information content (AvgIpc) is 2.82. The van der Waals surface area contributed by atoms with Crippen LogP contribution in [0, 0.1) is 0 Å². The molecule has 0 saturated heterocycles. The third-order valence-electron chi connectivity index (χ3n) is 2.60. The van der Waals surface area contributed by atoms with Gasteiger partial charge >= 0.3 is 0 Å². The van der Waals surface area contributed by atoms with E-state index in [1.54, 1.807) is 24.2 Å². The summed E-state index contributed by atoms with van der Waals surface area (Å²) in [6.07, 6.45) is 8.14. The Morgan fingerprint density at radius 2 is 2.06 bits per heavy atom. The normalized spacial score (nSPS) is 17.9. The van der Waals surface area contributed by atoms with Crippen molar-refractivity contribution in [3.63, 3.8) is 0 Å². The SMILES string of the molecule is NC(=NO)c1nccnc1SC1CCCC1. The molecule has 0 bridgehead atoms. The zero-order valence-electron chi connectivity index (χ0n) is 8.83. The molecule has 0 amide bonds. The van der Waals surface area contributed by atoms with E-state index >= 15 is 0 Å². The Balaban J connectivity index is 2.19. The monoisotopic (exact) mass is 238 g/mol. The number of nitrogens with zero attached hydrogens (tertiary/aromatic N) is 3. The van der Waals surface area contributed by atoms with Gasteiger partial charge in [0.05, 0.1) is 0 Å². The largest absolute Gasteiger partial charge is 0.409 e. The second-order valence-electron chi connectivity index (χ2n) is 3.72. The number of hydrogen-bond donors (Lipinski definition) is 2. The van der Waals surface area contributed by atoms with E-state index in [0.717, 1.165) is 5.03 Å². The summed E-state index contributed by atoms with van der Waals surface area (Å²) in [7, 11) is 0. The van der Waals surface area contributed by atoms with Crippen molar-refractivity contribution in [2.24, 2.45) is 10.9 Å². The minimum absolute atomic E-state index is 0.0218. The molecule has 86 valence electrons. The lowest BCUT2D eigenvalue weighted by Gasteiger charge is -2.09. The number of aromatic nitrogens is 2. The van der Waals surface area contributed by atoms with E-state index in [9.17, 15) is 0 Å². The first-order chi connectivity index (χ1) is 7.81. The Bertz CT molecular complexity index is 390. The first-order valence-corrected chi connectivity index (χ1v) is 6.15. The fourth-order valence-corrected chi connectivity index (χ4v) is 3.07. The van der Waals surface area contributed by atoms with Crippen molar-refractivity contribution in [2.75, 3.05) is 0 Å². The second kappa shape index (κ2) is 5.16. The van der Waals surface area contributed by atoms with E-state index in [1.807, 2.05) is 0 Å². The smallest absolute Gasteiger partial charge is 0.191 e. The van der Waals surface area contributed by atoms with E-state index in [1.165, 1.54) is 25.7 Å². The minimum atomic E-state index is 0.0218. The molecule has 16 heavy (non-hydrogen) atoms. The predicted octanol–water partition coefficient (Wildman–Crippen LogP) is 1.61. The van der Waals surface area contributed by atoms with Crippen molar-refractivity contribution < 1.29 is 5.21 Å². The molecule has 0 atom stereocenters. The van der Waals surface area contributed by atoms with E-state index < -0.39 is 0 Å². The molecule has 0 unspecified atom stereocenters. The minimum Gasteiger partial charge on any atom is -0.409 e. The van der Waals surface area contributed by atoms with Crippen molar-refractivity contribution in [3.8, 4) is 0 Å². The maximum atomic E-state index is 8.66. The lowest BCUT2D eigenvalue weighted by molar-refractivity contribution is 0.318. The van der Waals surface area contributed by atoms with Crippen LogP contribution in [0.15, 0.2) is 22.6 Å². The molecule has 2 rings (SSSR count). The van der Waals surface area contributed by atoms with Gasteiger partial charge in [-0.25, -0.2) is 9.97 Å². The topological polar surface area (TPSA) is 84.4 Å². The third kappa shape index (κ3) is 2.44. The zero-order chi connectivity index (χ0) is 11.4. The molecule has 0 spiro atoms. The summed E-state index contributed by atoms with van der Waals surface area (Å²) < 4.78 is 0. The quantitative estimate of drug-likeness (QED) is 0.361. The molecule has 1 aromatic heterocycles. The van der Waals surface area contributed by atoms with Crippen LogP contribution in [0.25, 0.3) is 0 Å². The summed E-state index contributed by atoms with van der Waals surface area (Å²) in [4.78, 5) is 8.33. The molecule has 1 fully saturated rings. The van der Waals surface area contributed by atoms with Crippen LogP contribution >= 0.6 is 11.8 Å². The summed E-state index contributed by atoms with van der Waals surface area (Å²) in [6, 6.07) is 0. The van der Waals surface area contributed by atoms with Gasteiger partial charge in [0.1, 0.15) is 10.7 Å². The van der Waals surface area contributed by atoms with Gasteiger partial charge in [0, 0.05) is 17.6 Å². The van der Waals surface area contributed by atoms with Crippen LogP contribution in [-0.4, -0.2) is 26.3 Å². The Hall–Kier alpha value is -1.30. The van der Waals surface area contributed by atoms with Gasteiger partial charge in [0.15, 0.2) is 5.84 Å². The van der Waals surface area contributed by atoms with Crippen molar-refractivity contribution in [2.45, 2.75) is 36.0 Å². The maximum absolute atomic E-state index is 8.66. The van der Waals surface area contributed by atoms with Gasteiger partial charge in [-0.15, -0.1) is 11.8 Å². The fourth-order valence-electron chi connectivity index (χ4n) is 1.80. The van der Waals surface area contributed by atoms with E-state index in [0.29, 0.717) is 10.9 Å². The molecule has 5 nitrogen and oxygen atoms in total. The van der Waals surface area contributed by atoms with Gasteiger partial charge in [0.2, 0.25) is 0 Å². The molecule has 1 aromatic rings. The second-order valence-corrected chi connectivity index (χ2v) is 5.01. The Morgan fingerprint density at radius 1 is 1.38 bits per heavy atom. The molecule has 0 aliphatic heterocycles. The van der Waals surface area contributed by atoms with Crippen LogP contribution in [-0.2, 0) is 0 Å². The highest BCUT2D eigenvalue weighted by Gasteiger charge is 2.20. The molecular weight excluding hydrogens is 224 g/mol. The molecule has 1 saturated carbocycles. The van der Waals surface area contributed by atoms with Gasteiger partial charge in [-0.2, -0.15) is 0 Å². The molecule has 3 N–H and O–H groups in total. The zero-order valence-corrected chi connectivity index (χ0v) is 9.65. The molecule has 0 radical (unpaired) electrons. The molecule has 1 aliphatic carbocycles. The van der Waals surface area contributed by atoms with Crippen molar-refractivity contribution >= 4 is 17.6 Å². The summed E-state index contributed by atoms with van der Waals surface area (Å²) >= 11 is 1.68. The molecule has 0 aromatic carbocycles. The van der Waals surface area contributed by atoms with Crippen molar-refractivity contribution in [1.29, 1.82) is 0 Å². The number of nitrogens with two attached hydrogens (primary N) is 1. The molecule has 1 heterocycles. The molecule has 6 heteroatoms. The third-order valence-corrected chi connectivity index (χ3v) is 3.92. The number of rotatable bonds is 3. The molecular formula is C10H14N4OS. The van der Waals surface area contributed by atoms with Gasteiger partial charge in [0.25, 0.3) is 0 Å². The summed E-state index contributed by atoms with van der Waals surface area (Å²) in [6.45, 7) is 0.